The number of rotatable bonds is 12. The van der Waals surface area contributed by atoms with Crippen LogP contribution in [0.2, 0.25) is 0 Å². The number of hydrogen-bond donors (Lipinski definition) is 1. The molecule has 0 saturated carbocycles. The van der Waals surface area contributed by atoms with Crippen LogP contribution < -0.4 is 19.1 Å². The minimum absolute atomic E-state index is 0.0668. The molecule has 0 aliphatic heterocycles. The molecule has 0 bridgehead atoms. The lowest BCUT2D eigenvalue weighted by Crippen LogP contribution is -2.55. The number of carbonyl (C=O) groups is 2. The molecule has 10 heteroatoms. The van der Waals surface area contributed by atoms with Gasteiger partial charge < -0.3 is 19.7 Å². The molecule has 3 aromatic carbocycles. The number of nitrogens with zero attached hydrogens (tertiary/aromatic N) is 2. The lowest BCUT2D eigenvalue weighted by molar-refractivity contribution is -0.139. The zero-order chi connectivity index (χ0) is 31.1. The Kier molecular flexibility index (Phi) is 10.6. The number of hydrogen-bond acceptors (Lipinski definition) is 6. The first-order valence-corrected chi connectivity index (χ1v) is 15.2. The fourth-order valence-corrected chi connectivity index (χ4v) is 5.82. The maximum absolute atomic E-state index is 14.1. The molecule has 0 saturated heterocycles. The smallest absolute Gasteiger partial charge is 0.264 e. The highest BCUT2D eigenvalue weighted by atomic mass is 32.2. The fourth-order valence-electron chi connectivity index (χ4n) is 4.39. The third-order valence-electron chi connectivity index (χ3n) is 6.69. The Bertz CT molecular complexity index is 1470. The highest BCUT2D eigenvalue weighted by molar-refractivity contribution is 7.92. The molecule has 1 atom stereocenters. The van der Waals surface area contributed by atoms with Gasteiger partial charge in [0.15, 0.2) is 11.5 Å². The van der Waals surface area contributed by atoms with Crippen molar-refractivity contribution < 1.29 is 27.5 Å². The second-order valence-electron chi connectivity index (χ2n) is 11.1. The summed E-state index contributed by atoms with van der Waals surface area (Å²) in [6, 6.07) is 19.9. The number of aryl methyl sites for hydroxylation is 1. The van der Waals surface area contributed by atoms with Gasteiger partial charge in [0.25, 0.3) is 10.0 Å². The molecule has 2 amide bonds. The molecule has 1 N–H and O–H groups in total. The summed E-state index contributed by atoms with van der Waals surface area (Å²) in [7, 11) is -1.36. The minimum Gasteiger partial charge on any atom is -0.493 e. The number of anilines is 1. The number of benzene rings is 3. The van der Waals surface area contributed by atoms with Gasteiger partial charge in [-0.2, -0.15) is 0 Å². The number of ether oxygens (including phenoxy) is 2. The first kappa shape index (κ1) is 32.5. The van der Waals surface area contributed by atoms with E-state index in [9.17, 15) is 18.0 Å². The predicted molar refractivity (Wildman–Crippen MR) is 164 cm³/mol. The molecule has 0 aromatic heterocycles. The molecular formula is C32H41N3O6S. The third-order valence-corrected chi connectivity index (χ3v) is 8.46. The lowest BCUT2D eigenvalue weighted by Gasteiger charge is -2.33. The lowest BCUT2D eigenvalue weighted by atomic mass is 10.1. The van der Waals surface area contributed by atoms with Crippen LogP contribution in [-0.2, 0) is 26.0 Å². The van der Waals surface area contributed by atoms with Crippen LogP contribution in [0.4, 0.5) is 5.69 Å². The van der Waals surface area contributed by atoms with E-state index in [4.69, 9.17) is 9.47 Å². The molecule has 0 aliphatic rings. The Balaban J connectivity index is 2.03. The summed E-state index contributed by atoms with van der Waals surface area (Å²) in [5.74, 6) is -0.216. The largest absolute Gasteiger partial charge is 0.493 e. The zero-order valence-electron chi connectivity index (χ0n) is 25.4. The van der Waals surface area contributed by atoms with Crippen molar-refractivity contribution in [2.75, 3.05) is 31.6 Å². The Hall–Kier alpha value is -4.05. The summed E-state index contributed by atoms with van der Waals surface area (Å²) in [5.41, 5.74) is 1.74. The van der Waals surface area contributed by atoms with Crippen LogP contribution in [0.1, 0.15) is 38.8 Å². The van der Waals surface area contributed by atoms with Crippen molar-refractivity contribution >= 4 is 27.5 Å². The molecule has 0 fully saturated rings. The van der Waals surface area contributed by atoms with E-state index >= 15 is 0 Å². The summed E-state index contributed by atoms with van der Waals surface area (Å²) < 4.78 is 39.9. The summed E-state index contributed by atoms with van der Waals surface area (Å²) in [6.45, 7) is 8.85. The topological polar surface area (TPSA) is 105 Å². The quantitative estimate of drug-likeness (QED) is 0.329. The summed E-state index contributed by atoms with van der Waals surface area (Å²) in [6.07, 6.45) is 0.493. The number of sulfonamides is 1. The van der Waals surface area contributed by atoms with Crippen molar-refractivity contribution in [2.24, 2.45) is 0 Å². The molecule has 1 unspecified atom stereocenters. The zero-order valence-corrected chi connectivity index (χ0v) is 26.2. The molecule has 0 radical (unpaired) electrons. The molecule has 3 aromatic rings. The second-order valence-corrected chi connectivity index (χ2v) is 13.0. The van der Waals surface area contributed by atoms with Crippen LogP contribution in [0.3, 0.4) is 0 Å². The van der Waals surface area contributed by atoms with Gasteiger partial charge in [-0.3, -0.25) is 13.9 Å². The molecule has 3 rings (SSSR count). The van der Waals surface area contributed by atoms with Crippen molar-refractivity contribution in [3.63, 3.8) is 0 Å². The SMILES string of the molecule is COc1ccc(S(=O)(=O)N(CC(=O)N(CCc2ccccc2)C(C)C(=O)NC(C)(C)C)c2ccc(C)cc2)cc1OC. The van der Waals surface area contributed by atoms with E-state index in [0.717, 1.165) is 15.4 Å². The van der Waals surface area contributed by atoms with Crippen LogP contribution in [0, 0.1) is 6.92 Å². The van der Waals surface area contributed by atoms with E-state index in [0.29, 0.717) is 17.9 Å². The Morgan fingerprint density at radius 1 is 0.905 bits per heavy atom. The average Bonchev–Trinajstić information content (AvgIpc) is 2.95. The van der Waals surface area contributed by atoms with Crippen LogP contribution in [-0.4, -0.2) is 64.0 Å². The van der Waals surface area contributed by atoms with Crippen molar-refractivity contribution in [3.05, 3.63) is 83.9 Å². The van der Waals surface area contributed by atoms with Crippen LogP contribution >= 0.6 is 0 Å². The summed E-state index contributed by atoms with van der Waals surface area (Å²) in [4.78, 5) is 28.6. The van der Waals surface area contributed by atoms with Gasteiger partial charge in [0.2, 0.25) is 11.8 Å². The van der Waals surface area contributed by atoms with Crippen molar-refractivity contribution in [1.29, 1.82) is 0 Å². The maximum atomic E-state index is 14.1. The van der Waals surface area contributed by atoms with E-state index in [-0.39, 0.29) is 23.1 Å². The third kappa shape index (κ3) is 8.25. The number of nitrogens with one attached hydrogen (secondary N) is 1. The van der Waals surface area contributed by atoms with Crippen LogP contribution in [0.25, 0.3) is 0 Å². The average molecular weight is 596 g/mol. The first-order valence-electron chi connectivity index (χ1n) is 13.7. The first-order chi connectivity index (χ1) is 19.8. The minimum atomic E-state index is -4.25. The van der Waals surface area contributed by atoms with Gasteiger partial charge in [-0.25, -0.2) is 8.42 Å². The molecule has 0 aliphatic carbocycles. The Labute approximate surface area is 249 Å². The van der Waals surface area contributed by atoms with Crippen LogP contribution in [0.15, 0.2) is 77.7 Å². The molecule has 0 spiro atoms. The number of amides is 2. The highest BCUT2D eigenvalue weighted by Crippen LogP contribution is 2.32. The normalized spacial score (nSPS) is 12.3. The fraction of sp³-hybridized carbons (Fsp3) is 0.375. The van der Waals surface area contributed by atoms with Crippen molar-refractivity contribution in [1.82, 2.24) is 10.2 Å². The maximum Gasteiger partial charge on any atom is 0.264 e. The van der Waals surface area contributed by atoms with E-state index in [1.807, 2.05) is 58.0 Å². The molecule has 42 heavy (non-hydrogen) atoms. The number of methoxy groups -OCH3 is 2. The number of carbonyl (C=O) groups excluding carboxylic acids is 2. The second kappa shape index (κ2) is 13.7. The molecular weight excluding hydrogens is 554 g/mol. The standard InChI is InChI=1S/C32H41N3O6S/c1-23-13-15-26(16-14-23)35(42(38,39)27-17-18-28(40-6)29(21-27)41-7)22-30(36)34(20-19-25-11-9-8-10-12-25)24(2)31(37)33-32(3,4)5/h8-18,21,24H,19-20,22H2,1-7H3,(H,33,37). The van der Waals surface area contributed by atoms with E-state index in [2.05, 4.69) is 5.32 Å². The molecule has 226 valence electrons. The van der Waals surface area contributed by atoms with Gasteiger partial charge >= 0.3 is 0 Å². The van der Waals surface area contributed by atoms with Gasteiger partial charge in [0, 0.05) is 18.2 Å². The van der Waals surface area contributed by atoms with Crippen molar-refractivity contribution in [3.8, 4) is 11.5 Å². The summed E-state index contributed by atoms with van der Waals surface area (Å²) in [5, 5.41) is 2.93. The van der Waals surface area contributed by atoms with Gasteiger partial charge in [-0.15, -0.1) is 0 Å². The Morgan fingerprint density at radius 3 is 2.10 bits per heavy atom. The van der Waals surface area contributed by atoms with Gasteiger partial charge in [-0.1, -0.05) is 48.0 Å². The van der Waals surface area contributed by atoms with Gasteiger partial charge in [0.05, 0.1) is 24.8 Å². The van der Waals surface area contributed by atoms with E-state index < -0.39 is 34.1 Å². The van der Waals surface area contributed by atoms with Crippen LogP contribution in [0.5, 0.6) is 11.5 Å². The monoisotopic (exact) mass is 595 g/mol. The molecule has 9 nitrogen and oxygen atoms in total. The Morgan fingerprint density at radius 2 is 1.52 bits per heavy atom. The van der Waals surface area contributed by atoms with Crippen molar-refractivity contribution in [2.45, 2.75) is 57.5 Å². The van der Waals surface area contributed by atoms with Gasteiger partial charge in [0.1, 0.15) is 12.6 Å². The predicted octanol–water partition coefficient (Wildman–Crippen LogP) is 4.58. The molecule has 0 heterocycles. The van der Waals surface area contributed by atoms with Gasteiger partial charge in [-0.05, 0) is 70.9 Å². The highest BCUT2D eigenvalue weighted by Gasteiger charge is 2.33. The summed E-state index contributed by atoms with van der Waals surface area (Å²) >= 11 is 0. The van der Waals surface area contributed by atoms with E-state index in [1.165, 1.54) is 37.3 Å². The van der Waals surface area contributed by atoms with E-state index in [1.54, 1.807) is 31.2 Å².